The van der Waals surface area contributed by atoms with E-state index >= 15 is 0 Å². The van der Waals surface area contributed by atoms with Crippen molar-refractivity contribution in [3.8, 4) is 0 Å². The molecular formula is C24H26N2O. The van der Waals surface area contributed by atoms with Crippen molar-refractivity contribution in [2.75, 3.05) is 10.6 Å². The summed E-state index contributed by atoms with van der Waals surface area (Å²) in [7, 11) is 0. The highest BCUT2D eigenvalue weighted by molar-refractivity contribution is 6.06. The van der Waals surface area contributed by atoms with Gasteiger partial charge in [-0.25, -0.2) is 0 Å². The molecule has 0 aromatic heterocycles. The molecule has 0 aliphatic carbocycles. The number of aryl methyl sites for hydroxylation is 1. The molecule has 0 saturated heterocycles. The van der Waals surface area contributed by atoms with E-state index in [0.717, 1.165) is 17.1 Å². The van der Waals surface area contributed by atoms with E-state index in [9.17, 15) is 4.79 Å². The monoisotopic (exact) mass is 358 g/mol. The largest absolute Gasteiger partial charge is 0.354 e. The Morgan fingerprint density at radius 3 is 1.96 bits per heavy atom. The van der Waals surface area contributed by atoms with Gasteiger partial charge >= 0.3 is 0 Å². The van der Waals surface area contributed by atoms with E-state index in [1.54, 1.807) is 0 Å². The Kier molecular flexibility index (Phi) is 5.31. The van der Waals surface area contributed by atoms with E-state index in [2.05, 4.69) is 50.5 Å². The highest BCUT2D eigenvalue weighted by Gasteiger charge is 2.15. The predicted molar refractivity (Wildman–Crippen MR) is 114 cm³/mol. The zero-order valence-electron chi connectivity index (χ0n) is 16.3. The predicted octanol–water partition coefficient (Wildman–Crippen LogP) is 6.29. The number of hydrogen-bond acceptors (Lipinski definition) is 2. The maximum absolute atomic E-state index is 12.7. The van der Waals surface area contributed by atoms with Gasteiger partial charge in [-0.3, -0.25) is 4.79 Å². The highest BCUT2D eigenvalue weighted by Crippen LogP contribution is 2.27. The number of hydrogen-bond donors (Lipinski definition) is 2. The summed E-state index contributed by atoms with van der Waals surface area (Å²) in [5.74, 6) is -0.117. The summed E-state index contributed by atoms with van der Waals surface area (Å²) in [5, 5.41) is 6.39. The van der Waals surface area contributed by atoms with Crippen LogP contribution in [0.15, 0.2) is 72.8 Å². The van der Waals surface area contributed by atoms with Crippen molar-refractivity contribution in [2.24, 2.45) is 0 Å². The SMILES string of the molecule is Cc1ccc(Nc2ccccc2NC(=O)c2ccc(C(C)(C)C)cc2)cc1. The lowest BCUT2D eigenvalue weighted by Crippen LogP contribution is -2.15. The van der Waals surface area contributed by atoms with E-state index in [0.29, 0.717) is 5.56 Å². The smallest absolute Gasteiger partial charge is 0.255 e. The fourth-order valence-electron chi connectivity index (χ4n) is 2.81. The van der Waals surface area contributed by atoms with Crippen molar-refractivity contribution in [2.45, 2.75) is 33.1 Å². The molecule has 0 unspecified atom stereocenters. The number of para-hydroxylation sites is 2. The third kappa shape index (κ3) is 4.76. The van der Waals surface area contributed by atoms with Gasteiger partial charge in [0.2, 0.25) is 0 Å². The standard InChI is InChI=1S/C24H26N2O/c1-17-9-15-20(16-10-17)25-21-7-5-6-8-22(21)26-23(27)18-11-13-19(14-12-18)24(2,3)4/h5-16,25H,1-4H3,(H,26,27). The van der Waals surface area contributed by atoms with Gasteiger partial charge in [-0.15, -0.1) is 0 Å². The number of carbonyl (C=O) groups is 1. The molecule has 3 heteroatoms. The van der Waals surface area contributed by atoms with Gasteiger partial charge in [-0.05, 0) is 54.3 Å². The van der Waals surface area contributed by atoms with Crippen molar-refractivity contribution in [3.05, 3.63) is 89.5 Å². The minimum atomic E-state index is -0.117. The molecule has 3 rings (SSSR count). The van der Waals surface area contributed by atoms with Crippen LogP contribution in [0.4, 0.5) is 17.1 Å². The number of rotatable bonds is 4. The molecule has 3 aromatic carbocycles. The van der Waals surface area contributed by atoms with Crippen molar-refractivity contribution in [1.82, 2.24) is 0 Å². The first-order valence-corrected chi connectivity index (χ1v) is 9.17. The third-order valence-electron chi connectivity index (χ3n) is 4.52. The topological polar surface area (TPSA) is 41.1 Å². The van der Waals surface area contributed by atoms with E-state index in [4.69, 9.17) is 0 Å². The Labute approximate surface area is 161 Å². The number of nitrogens with one attached hydrogen (secondary N) is 2. The Morgan fingerprint density at radius 1 is 0.778 bits per heavy atom. The Morgan fingerprint density at radius 2 is 1.37 bits per heavy atom. The molecule has 3 aromatic rings. The van der Waals surface area contributed by atoms with Gasteiger partial charge in [0.1, 0.15) is 0 Å². The molecule has 0 fully saturated rings. The van der Waals surface area contributed by atoms with Crippen LogP contribution in [0.25, 0.3) is 0 Å². The van der Waals surface area contributed by atoms with Gasteiger partial charge in [0.15, 0.2) is 0 Å². The van der Waals surface area contributed by atoms with E-state index in [1.165, 1.54) is 11.1 Å². The maximum Gasteiger partial charge on any atom is 0.255 e. The van der Waals surface area contributed by atoms with Crippen LogP contribution in [-0.4, -0.2) is 5.91 Å². The van der Waals surface area contributed by atoms with Crippen molar-refractivity contribution in [1.29, 1.82) is 0 Å². The average Bonchev–Trinajstić information content (AvgIpc) is 2.64. The van der Waals surface area contributed by atoms with Crippen LogP contribution in [0.5, 0.6) is 0 Å². The van der Waals surface area contributed by atoms with Crippen molar-refractivity contribution < 1.29 is 4.79 Å². The van der Waals surface area contributed by atoms with Gasteiger partial charge in [0.05, 0.1) is 11.4 Å². The van der Waals surface area contributed by atoms with Crippen LogP contribution in [0, 0.1) is 6.92 Å². The number of amides is 1. The Hall–Kier alpha value is -3.07. The summed E-state index contributed by atoms with van der Waals surface area (Å²) in [6, 6.07) is 23.7. The third-order valence-corrected chi connectivity index (χ3v) is 4.52. The first-order chi connectivity index (χ1) is 12.8. The molecule has 0 radical (unpaired) electrons. The molecule has 0 saturated carbocycles. The molecule has 0 aliphatic heterocycles. The fraction of sp³-hybridized carbons (Fsp3) is 0.208. The molecular weight excluding hydrogens is 332 g/mol. The Balaban J connectivity index is 1.77. The van der Waals surface area contributed by atoms with Crippen LogP contribution in [0.1, 0.15) is 42.3 Å². The van der Waals surface area contributed by atoms with Gasteiger partial charge in [-0.2, -0.15) is 0 Å². The average molecular weight is 358 g/mol. The van der Waals surface area contributed by atoms with Crippen LogP contribution in [-0.2, 0) is 5.41 Å². The first kappa shape index (κ1) is 18.7. The van der Waals surface area contributed by atoms with Gasteiger partial charge in [-0.1, -0.05) is 62.7 Å². The lowest BCUT2D eigenvalue weighted by molar-refractivity contribution is 0.102. The molecule has 3 nitrogen and oxygen atoms in total. The summed E-state index contributed by atoms with van der Waals surface area (Å²) in [5.41, 5.74) is 5.73. The van der Waals surface area contributed by atoms with Gasteiger partial charge in [0, 0.05) is 11.3 Å². The first-order valence-electron chi connectivity index (χ1n) is 9.17. The van der Waals surface area contributed by atoms with Crippen LogP contribution >= 0.6 is 0 Å². The lowest BCUT2D eigenvalue weighted by atomic mass is 9.87. The highest BCUT2D eigenvalue weighted by atomic mass is 16.1. The molecule has 0 aliphatic rings. The quantitative estimate of drug-likeness (QED) is 0.575. The number of carbonyl (C=O) groups excluding carboxylic acids is 1. The summed E-state index contributed by atoms with van der Waals surface area (Å²) < 4.78 is 0. The summed E-state index contributed by atoms with van der Waals surface area (Å²) >= 11 is 0. The molecule has 0 bridgehead atoms. The summed E-state index contributed by atoms with van der Waals surface area (Å²) in [6.07, 6.45) is 0. The van der Waals surface area contributed by atoms with E-state index in [1.807, 2.05) is 60.7 Å². The number of benzene rings is 3. The molecule has 0 spiro atoms. The molecule has 2 N–H and O–H groups in total. The molecule has 1 amide bonds. The van der Waals surface area contributed by atoms with E-state index < -0.39 is 0 Å². The van der Waals surface area contributed by atoms with Gasteiger partial charge < -0.3 is 10.6 Å². The fourth-order valence-corrected chi connectivity index (χ4v) is 2.81. The second kappa shape index (κ2) is 7.67. The lowest BCUT2D eigenvalue weighted by Gasteiger charge is -2.19. The molecule has 0 heterocycles. The van der Waals surface area contributed by atoms with Crippen LogP contribution < -0.4 is 10.6 Å². The molecule has 0 atom stereocenters. The Bertz CT molecular complexity index is 920. The maximum atomic E-state index is 12.7. The van der Waals surface area contributed by atoms with Crippen molar-refractivity contribution in [3.63, 3.8) is 0 Å². The van der Waals surface area contributed by atoms with Crippen LogP contribution in [0.2, 0.25) is 0 Å². The molecule has 138 valence electrons. The summed E-state index contributed by atoms with van der Waals surface area (Å²) in [6.45, 7) is 8.54. The zero-order chi connectivity index (χ0) is 19.4. The minimum Gasteiger partial charge on any atom is -0.354 e. The molecule has 27 heavy (non-hydrogen) atoms. The van der Waals surface area contributed by atoms with E-state index in [-0.39, 0.29) is 11.3 Å². The van der Waals surface area contributed by atoms with Gasteiger partial charge in [0.25, 0.3) is 5.91 Å². The van der Waals surface area contributed by atoms with Crippen molar-refractivity contribution >= 4 is 23.0 Å². The normalized spacial score (nSPS) is 11.1. The summed E-state index contributed by atoms with van der Waals surface area (Å²) in [4.78, 5) is 12.7. The second-order valence-corrected chi connectivity index (χ2v) is 7.82. The second-order valence-electron chi connectivity index (χ2n) is 7.82. The zero-order valence-corrected chi connectivity index (χ0v) is 16.3. The number of anilines is 3. The minimum absolute atomic E-state index is 0.0690. The van der Waals surface area contributed by atoms with Crippen LogP contribution in [0.3, 0.4) is 0 Å².